The maximum Gasteiger partial charge on any atom is 0.329 e. The summed E-state index contributed by atoms with van der Waals surface area (Å²) in [4.78, 5) is 133. The van der Waals surface area contributed by atoms with E-state index in [0.717, 1.165) is 16.0 Å². The molecule has 7 rings (SSSR count). The summed E-state index contributed by atoms with van der Waals surface area (Å²) in [5, 5.41) is 20.7. The third kappa shape index (κ3) is 16.4. The first-order valence-electron chi connectivity index (χ1n) is 27.7. The molecule has 2 aliphatic heterocycles. The zero-order valence-corrected chi connectivity index (χ0v) is 46.8. The van der Waals surface area contributed by atoms with Crippen LogP contribution in [0.25, 0.3) is 0 Å². The van der Waals surface area contributed by atoms with Gasteiger partial charge in [0.2, 0.25) is 29.5 Å². The van der Waals surface area contributed by atoms with Crippen LogP contribution in [0.4, 0.5) is 0 Å². The summed E-state index contributed by atoms with van der Waals surface area (Å²) in [7, 11) is 1.43. The number of ketones is 2. The molecule has 2 saturated heterocycles. The topological polar surface area (TPSA) is 235 Å². The number of esters is 2. The van der Waals surface area contributed by atoms with Crippen molar-refractivity contribution >= 4 is 64.6 Å². The van der Waals surface area contributed by atoms with Crippen molar-refractivity contribution in [2.45, 2.75) is 147 Å². The van der Waals surface area contributed by atoms with Gasteiger partial charge >= 0.3 is 11.9 Å². The molecule has 4 aromatic rings. The van der Waals surface area contributed by atoms with Crippen molar-refractivity contribution in [2.75, 3.05) is 7.05 Å². The first-order chi connectivity index (χ1) is 38.3. The number of halogens is 1. The highest BCUT2D eigenvalue weighted by atomic mass is 35.5. The Morgan fingerprint density at radius 2 is 1.32 bits per heavy atom. The van der Waals surface area contributed by atoms with E-state index in [0.29, 0.717) is 35.4 Å². The number of likely N-dealkylation sites (N-methyl/N-ethyl adjacent to an activating group) is 1. The molecular weight excluding hydrogens is 1040 g/mol. The number of rotatable bonds is 18. The second kappa shape index (κ2) is 28.3. The average molecular weight is 1120 g/mol. The fraction of sp³-hybridized carbons (Fsp3) is 0.468. The number of piperidine rings is 1. The van der Waals surface area contributed by atoms with Gasteiger partial charge in [-0.2, -0.15) is 0 Å². The molecule has 3 aliphatic rings. The number of carbonyl (C=O) groups excluding carboxylic acids is 9. The molecule has 3 fully saturated rings. The number of nitrogens with zero attached hydrogens (tertiary/aromatic N) is 2. The Morgan fingerprint density at radius 1 is 0.738 bits per heavy atom. The summed E-state index contributed by atoms with van der Waals surface area (Å²) in [6.45, 7) is 6.35. The van der Waals surface area contributed by atoms with Crippen LogP contribution >= 0.6 is 11.6 Å². The van der Waals surface area contributed by atoms with E-state index in [1.807, 2.05) is 48.5 Å². The van der Waals surface area contributed by atoms with E-state index >= 15 is 4.79 Å². The summed E-state index contributed by atoms with van der Waals surface area (Å²) in [5.74, 6) is -10.4. The molecule has 0 radical (unpaired) electrons. The molecule has 10 atom stereocenters. The van der Waals surface area contributed by atoms with E-state index in [-0.39, 0.29) is 57.5 Å². The summed E-state index contributed by atoms with van der Waals surface area (Å²) < 4.78 is 11.5. The van der Waals surface area contributed by atoms with Crippen LogP contribution in [0.3, 0.4) is 0 Å². The Labute approximate surface area is 472 Å². The number of aliphatic hydroxyl groups is 1. The number of nitrogens with one attached hydrogen (secondary N) is 3. The second-order valence-electron chi connectivity index (χ2n) is 22.0. The first-order valence-corrected chi connectivity index (χ1v) is 28.1. The van der Waals surface area contributed by atoms with Gasteiger partial charge in [-0.05, 0) is 91.7 Å². The third-order valence-electron chi connectivity index (χ3n) is 15.5. The molecule has 18 heteroatoms. The van der Waals surface area contributed by atoms with E-state index in [1.54, 1.807) is 87.5 Å². The summed E-state index contributed by atoms with van der Waals surface area (Å²) in [6.07, 6.45) is -2.45. The van der Waals surface area contributed by atoms with Crippen LogP contribution in [0.2, 0.25) is 5.02 Å². The lowest BCUT2D eigenvalue weighted by Crippen LogP contribution is -2.62. The van der Waals surface area contributed by atoms with E-state index < -0.39 is 126 Å². The molecule has 4 aromatic carbocycles. The lowest BCUT2D eigenvalue weighted by Gasteiger charge is -2.43. The Bertz CT molecular complexity index is 2820. The van der Waals surface area contributed by atoms with E-state index in [4.69, 9.17) is 21.1 Å². The molecule has 426 valence electrons. The number of aliphatic hydroxyl groups excluding tert-OH is 1. The lowest BCUT2D eigenvalue weighted by molar-refractivity contribution is -0.167. The fourth-order valence-electron chi connectivity index (χ4n) is 10.5. The van der Waals surface area contributed by atoms with Crippen molar-refractivity contribution < 1.29 is 57.7 Å². The van der Waals surface area contributed by atoms with E-state index in [2.05, 4.69) is 16.0 Å². The molecule has 1 aliphatic carbocycles. The zero-order valence-electron chi connectivity index (χ0n) is 46.1. The van der Waals surface area contributed by atoms with Crippen LogP contribution in [-0.2, 0) is 78.5 Å². The molecule has 5 amide bonds. The van der Waals surface area contributed by atoms with Crippen LogP contribution in [0.1, 0.15) is 101 Å². The molecule has 1 saturated carbocycles. The number of fused-ring (bicyclic) bond motifs is 2. The maximum atomic E-state index is 15.2. The van der Waals surface area contributed by atoms with Crippen LogP contribution in [-0.4, -0.2) is 118 Å². The molecule has 0 aromatic heterocycles. The predicted molar refractivity (Wildman–Crippen MR) is 298 cm³/mol. The summed E-state index contributed by atoms with van der Waals surface area (Å²) >= 11 is 6.25. The molecule has 4 N–H and O–H groups in total. The predicted octanol–water partition coefficient (Wildman–Crippen LogP) is 6.28. The van der Waals surface area contributed by atoms with Gasteiger partial charge in [-0.3, -0.25) is 38.4 Å². The van der Waals surface area contributed by atoms with Gasteiger partial charge in [-0.25, -0.2) is 4.79 Å². The number of hydrogen-bond acceptors (Lipinski definition) is 12. The highest BCUT2D eigenvalue weighted by Gasteiger charge is 2.47. The highest BCUT2D eigenvalue weighted by Crippen LogP contribution is 2.36. The van der Waals surface area contributed by atoms with Gasteiger partial charge in [0.1, 0.15) is 37.1 Å². The van der Waals surface area contributed by atoms with E-state index in [9.17, 15) is 43.5 Å². The van der Waals surface area contributed by atoms with Gasteiger partial charge in [0.05, 0.1) is 24.4 Å². The van der Waals surface area contributed by atoms with Crippen LogP contribution in [0.5, 0.6) is 0 Å². The minimum absolute atomic E-state index is 0.0106. The van der Waals surface area contributed by atoms with Gasteiger partial charge in [-0.1, -0.05) is 136 Å². The maximum absolute atomic E-state index is 15.2. The fourth-order valence-corrected chi connectivity index (χ4v) is 10.6. The number of aryl methyl sites for hydroxylation is 1. The SMILES string of the molecule is CC(C)[C@@H]1NC(=O)[C@H](Cc2ccccc2)N(C)C(=O)[C@H](Cc2ccc(Cl)cc2)N2C(=O)[C@H](CC[C@H]2O)CC(=O)[C@H](C2CC2)NC(=O)[C@@H](CC(=O)[C@H](CCc2ccccc2)NC(=O)[C@H](C)CC(=O)OCc2ccccc2)[C@@H](C)OC1=O. The van der Waals surface area contributed by atoms with Gasteiger partial charge in [-0.15, -0.1) is 0 Å². The minimum atomic E-state index is -1.45. The normalized spacial score (nSPS) is 24.3. The van der Waals surface area contributed by atoms with Crippen molar-refractivity contribution in [3.63, 3.8) is 0 Å². The molecular formula is C62H74ClN5O12. The number of hydrogen-bond donors (Lipinski definition) is 4. The third-order valence-corrected chi connectivity index (χ3v) is 15.8. The zero-order chi connectivity index (χ0) is 57.6. The minimum Gasteiger partial charge on any atom is -0.461 e. The van der Waals surface area contributed by atoms with Gasteiger partial charge in [0, 0.05) is 49.6 Å². The summed E-state index contributed by atoms with van der Waals surface area (Å²) in [6, 6.07) is 27.6. The smallest absolute Gasteiger partial charge is 0.329 e. The lowest BCUT2D eigenvalue weighted by atomic mass is 9.86. The van der Waals surface area contributed by atoms with Gasteiger partial charge in [0.25, 0.3) is 0 Å². The number of benzene rings is 4. The number of cyclic esters (lactones) is 1. The Hall–Kier alpha value is -7.24. The van der Waals surface area contributed by atoms with Crippen molar-refractivity contribution in [2.24, 2.45) is 29.6 Å². The Balaban J connectivity index is 1.22. The Kier molecular flexibility index (Phi) is 21.3. The number of Topliss-reactive ketones (excluding diaryl/α,β-unsaturated/α-hetero) is 2. The Morgan fingerprint density at radius 3 is 1.94 bits per heavy atom. The van der Waals surface area contributed by atoms with Gasteiger partial charge in [0.15, 0.2) is 11.6 Å². The van der Waals surface area contributed by atoms with Crippen molar-refractivity contribution in [1.29, 1.82) is 0 Å². The largest absolute Gasteiger partial charge is 0.461 e. The van der Waals surface area contributed by atoms with Crippen molar-refractivity contribution in [1.82, 2.24) is 25.8 Å². The summed E-state index contributed by atoms with van der Waals surface area (Å²) in [5.41, 5.74) is 2.90. The quantitative estimate of drug-likeness (QED) is 0.0807. The van der Waals surface area contributed by atoms with E-state index in [1.165, 1.54) is 18.9 Å². The van der Waals surface area contributed by atoms with Crippen LogP contribution in [0, 0.1) is 29.6 Å². The number of amides is 5. The van der Waals surface area contributed by atoms with Crippen molar-refractivity contribution in [3.8, 4) is 0 Å². The molecule has 2 heterocycles. The average Bonchev–Trinajstić information content (AvgIpc) is 4.35. The standard InChI is InChI=1S/C62H74ClN5O12/c1-37(2)55-62(78)80-39(4)47(35-51(69)48(29-23-40-15-9-6-10-16-40)64-57(73)38(3)31-54(72)79-36-43-19-13-8-14-20-43)58(74)66-56(44-24-25-44)52(70)34-45-26-30-53(71)68(60(45)76)50(33-42-21-27-46(63)28-22-42)61(77)67(5)49(59(75)65-55)32-41-17-11-7-12-18-41/h6-22,27-28,37-39,44-45,47-50,53,55-56,71H,23-26,29-36H2,1-5H3,(H,64,73)(H,65,75)(H,66,74)/t38-,39-,45-,47+,48+,49+,50+,53-,55+,56+/m1/s1. The monoisotopic (exact) mass is 1120 g/mol. The van der Waals surface area contributed by atoms with Crippen molar-refractivity contribution in [3.05, 3.63) is 143 Å². The molecule has 2 bridgehead atoms. The number of carbonyl (C=O) groups is 9. The second-order valence-corrected chi connectivity index (χ2v) is 22.4. The molecule has 0 unspecified atom stereocenters. The van der Waals surface area contributed by atoms with Gasteiger partial charge < -0.3 is 40.3 Å². The highest BCUT2D eigenvalue weighted by molar-refractivity contribution is 6.30. The molecule has 80 heavy (non-hydrogen) atoms. The first kappa shape index (κ1) is 60.4. The number of ether oxygens (including phenoxy) is 2. The molecule has 0 spiro atoms. The van der Waals surface area contributed by atoms with Crippen LogP contribution in [0.15, 0.2) is 115 Å². The molecule has 17 nitrogen and oxygen atoms in total. The van der Waals surface area contributed by atoms with Crippen LogP contribution < -0.4 is 16.0 Å².